The summed E-state index contributed by atoms with van der Waals surface area (Å²) in [4.78, 5) is 40.2. The standard InChI is InChI=1S/C25H22F3N3O3/c1-16-8-11-18(12-9-16)29-23(33)21-13-10-17-5-2-3-7-20(17)31(21)22(32)15-30-14-4-6-19(24(30)34)25(26,27)28/h2-9,11-12,14,21H,10,13,15H2,1H3,(H,29,33). The smallest absolute Gasteiger partial charge is 0.324 e. The molecule has 0 saturated carbocycles. The summed E-state index contributed by atoms with van der Waals surface area (Å²) in [5, 5.41) is 2.81. The number of para-hydroxylation sites is 1. The Balaban J connectivity index is 1.66. The Bertz CT molecular complexity index is 1280. The van der Waals surface area contributed by atoms with Gasteiger partial charge in [0.1, 0.15) is 18.2 Å². The fourth-order valence-corrected chi connectivity index (χ4v) is 4.06. The van der Waals surface area contributed by atoms with Crippen LogP contribution in [-0.2, 0) is 28.7 Å². The van der Waals surface area contributed by atoms with E-state index in [1.165, 1.54) is 4.90 Å². The number of aryl methyl sites for hydroxylation is 2. The van der Waals surface area contributed by atoms with Crippen LogP contribution in [0.25, 0.3) is 0 Å². The van der Waals surface area contributed by atoms with Gasteiger partial charge in [-0.15, -0.1) is 0 Å². The summed E-state index contributed by atoms with van der Waals surface area (Å²) in [5.41, 5.74) is 0.267. The summed E-state index contributed by atoms with van der Waals surface area (Å²) in [6.07, 6.45) is -2.82. The second-order valence-electron chi connectivity index (χ2n) is 8.15. The molecule has 34 heavy (non-hydrogen) atoms. The first-order chi connectivity index (χ1) is 16.1. The van der Waals surface area contributed by atoms with Crippen LogP contribution in [0, 0.1) is 6.92 Å². The summed E-state index contributed by atoms with van der Waals surface area (Å²) in [6, 6.07) is 15.1. The number of rotatable bonds is 4. The Morgan fingerprint density at radius 3 is 2.44 bits per heavy atom. The van der Waals surface area contributed by atoms with Crippen LogP contribution in [-0.4, -0.2) is 22.4 Å². The van der Waals surface area contributed by atoms with Crippen LogP contribution in [0.2, 0.25) is 0 Å². The van der Waals surface area contributed by atoms with Gasteiger partial charge < -0.3 is 9.88 Å². The third-order valence-corrected chi connectivity index (χ3v) is 5.77. The molecule has 3 aromatic rings. The fraction of sp³-hybridized carbons (Fsp3) is 0.240. The molecule has 1 atom stereocenters. The van der Waals surface area contributed by atoms with E-state index in [9.17, 15) is 27.6 Å². The number of amides is 2. The predicted molar refractivity (Wildman–Crippen MR) is 122 cm³/mol. The van der Waals surface area contributed by atoms with Crippen molar-refractivity contribution < 1.29 is 22.8 Å². The first-order valence-electron chi connectivity index (χ1n) is 10.7. The van der Waals surface area contributed by atoms with Gasteiger partial charge in [0.05, 0.1) is 0 Å². The molecule has 0 spiro atoms. The largest absolute Gasteiger partial charge is 0.421 e. The number of fused-ring (bicyclic) bond motifs is 1. The number of nitrogens with one attached hydrogen (secondary N) is 1. The van der Waals surface area contributed by atoms with Crippen molar-refractivity contribution in [2.75, 3.05) is 10.2 Å². The summed E-state index contributed by atoms with van der Waals surface area (Å²) >= 11 is 0. The van der Waals surface area contributed by atoms with Crippen LogP contribution in [0.4, 0.5) is 24.5 Å². The van der Waals surface area contributed by atoms with Crippen molar-refractivity contribution in [2.24, 2.45) is 0 Å². The van der Waals surface area contributed by atoms with Crippen LogP contribution in [0.15, 0.2) is 71.7 Å². The normalized spacial score (nSPS) is 15.5. The third-order valence-electron chi connectivity index (χ3n) is 5.77. The third kappa shape index (κ3) is 4.73. The van der Waals surface area contributed by atoms with Crippen molar-refractivity contribution in [3.05, 3.63) is 93.9 Å². The summed E-state index contributed by atoms with van der Waals surface area (Å²) in [5.74, 6) is -1.07. The van der Waals surface area contributed by atoms with Gasteiger partial charge in [0.25, 0.3) is 5.56 Å². The highest BCUT2D eigenvalue weighted by Gasteiger charge is 2.37. The van der Waals surface area contributed by atoms with Crippen LogP contribution >= 0.6 is 0 Å². The maximum Gasteiger partial charge on any atom is 0.421 e. The van der Waals surface area contributed by atoms with Gasteiger partial charge in [-0.05, 0) is 55.7 Å². The number of halogens is 3. The van der Waals surface area contributed by atoms with Gasteiger partial charge >= 0.3 is 6.18 Å². The van der Waals surface area contributed by atoms with Gasteiger partial charge in [0.15, 0.2) is 0 Å². The summed E-state index contributed by atoms with van der Waals surface area (Å²) in [7, 11) is 0. The Morgan fingerprint density at radius 1 is 1.03 bits per heavy atom. The van der Waals surface area contributed by atoms with E-state index in [0.29, 0.717) is 30.3 Å². The van der Waals surface area contributed by atoms with Gasteiger partial charge in [0.2, 0.25) is 11.8 Å². The zero-order valence-electron chi connectivity index (χ0n) is 18.3. The zero-order valence-corrected chi connectivity index (χ0v) is 18.3. The van der Waals surface area contributed by atoms with Crippen molar-refractivity contribution in [3.8, 4) is 0 Å². The molecule has 0 bridgehead atoms. The van der Waals surface area contributed by atoms with Gasteiger partial charge in [-0.25, -0.2) is 0 Å². The average molecular weight is 469 g/mol. The highest BCUT2D eigenvalue weighted by Crippen LogP contribution is 2.32. The minimum Gasteiger partial charge on any atom is -0.324 e. The van der Waals surface area contributed by atoms with E-state index in [1.54, 1.807) is 24.3 Å². The molecule has 2 aromatic carbocycles. The van der Waals surface area contributed by atoms with Crippen molar-refractivity contribution in [3.63, 3.8) is 0 Å². The molecular weight excluding hydrogens is 447 g/mol. The lowest BCUT2D eigenvalue weighted by atomic mass is 9.95. The van der Waals surface area contributed by atoms with E-state index in [-0.39, 0.29) is 0 Å². The first kappa shape index (κ1) is 23.3. The molecular formula is C25H22F3N3O3. The van der Waals surface area contributed by atoms with Crippen LogP contribution in [0.1, 0.15) is 23.1 Å². The number of carbonyl (C=O) groups is 2. The molecule has 0 fully saturated rings. The van der Waals surface area contributed by atoms with E-state index < -0.39 is 41.7 Å². The maximum absolute atomic E-state index is 13.4. The van der Waals surface area contributed by atoms with E-state index in [1.807, 2.05) is 31.2 Å². The molecule has 0 saturated heterocycles. The number of hydrogen-bond acceptors (Lipinski definition) is 3. The van der Waals surface area contributed by atoms with Gasteiger partial charge in [0, 0.05) is 17.6 Å². The minimum atomic E-state index is -4.84. The van der Waals surface area contributed by atoms with Crippen molar-refractivity contribution in [1.29, 1.82) is 0 Å². The van der Waals surface area contributed by atoms with Gasteiger partial charge in [-0.2, -0.15) is 13.2 Å². The molecule has 1 N–H and O–H groups in total. The molecule has 0 radical (unpaired) electrons. The quantitative estimate of drug-likeness (QED) is 0.624. The second-order valence-corrected chi connectivity index (χ2v) is 8.15. The van der Waals surface area contributed by atoms with Crippen LogP contribution in [0.5, 0.6) is 0 Å². The Kier molecular flexibility index (Phi) is 6.28. The Morgan fingerprint density at radius 2 is 1.74 bits per heavy atom. The Labute approximate surface area is 193 Å². The number of carbonyl (C=O) groups excluding carboxylic acids is 2. The van der Waals surface area contributed by atoms with E-state index >= 15 is 0 Å². The number of alkyl halides is 3. The number of benzene rings is 2. The first-order valence-corrected chi connectivity index (χ1v) is 10.7. The number of nitrogens with zero attached hydrogens (tertiary/aromatic N) is 2. The lowest BCUT2D eigenvalue weighted by Crippen LogP contribution is -2.51. The lowest BCUT2D eigenvalue weighted by molar-refractivity contribution is -0.139. The van der Waals surface area contributed by atoms with E-state index in [0.717, 1.165) is 28.0 Å². The fourth-order valence-electron chi connectivity index (χ4n) is 4.06. The molecule has 0 aliphatic carbocycles. The lowest BCUT2D eigenvalue weighted by Gasteiger charge is -2.36. The number of anilines is 2. The molecule has 1 aliphatic rings. The van der Waals surface area contributed by atoms with Crippen LogP contribution < -0.4 is 15.8 Å². The topological polar surface area (TPSA) is 71.4 Å². The predicted octanol–water partition coefficient (Wildman–Crippen LogP) is 4.16. The van der Waals surface area contributed by atoms with Gasteiger partial charge in [-0.3, -0.25) is 19.3 Å². The average Bonchev–Trinajstić information content (AvgIpc) is 2.80. The number of pyridine rings is 1. The highest BCUT2D eigenvalue weighted by molar-refractivity contribution is 6.05. The monoisotopic (exact) mass is 469 g/mol. The maximum atomic E-state index is 13.4. The van der Waals surface area contributed by atoms with Crippen molar-refractivity contribution in [1.82, 2.24) is 4.57 Å². The highest BCUT2D eigenvalue weighted by atomic mass is 19.4. The SMILES string of the molecule is Cc1ccc(NC(=O)C2CCc3ccccc3N2C(=O)Cn2cccc(C(F)(F)F)c2=O)cc1. The number of aromatic nitrogens is 1. The molecule has 9 heteroatoms. The summed E-state index contributed by atoms with van der Waals surface area (Å²) < 4.78 is 40.2. The molecule has 2 heterocycles. The van der Waals surface area contributed by atoms with E-state index in [4.69, 9.17) is 0 Å². The van der Waals surface area contributed by atoms with Gasteiger partial charge in [-0.1, -0.05) is 35.9 Å². The van der Waals surface area contributed by atoms with Crippen molar-refractivity contribution >= 4 is 23.2 Å². The second kappa shape index (κ2) is 9.17. The van der Waals surface area contributed by atoms with E-state index in [2.05, 4.69) is 5.32 Å². The zero-order chi connectivity index (χ0) is 24.5. The molecule has 176 valence electrons. The molecule has 6 nitrogen and oxygen atoms in total. The molecule has 4 rings (SSSR count). The molecule has 2 amide bonds. The van der Waals surface area contributed by atoms with Crippen LogP contribution in [0.3, 0.4) is 0 Å². The molecule has 1 aromatic heterocycles. The number of hydrogen-bond donors (Lipinski definition) is 1. The molecule has 1 aliphatic heterocycles. The minimum absolute atomic E-state index is 0.331. The molecule has 1 unspecified atom stereocenters. The summed E-state index contributed by atoms with van der Waals surface area (Å²) in [6.45, 7) is 1.28. The Hall–Kier alpha value is -3.88. The van der Waals surface area contributed by atoms with Crippen molar-refractivity contribution in [2.45, 2.75) is 38.5 Å².